The topological polar surface area (TPSA) is 38.0 Å². The minimum absolute atomic E-state index is 0.288. The fraction of sp³-hybridized carbons (Fsp3) is 0.538. The highest BCUT2D eigenvalue weighted by Gasteiger charge is 2.20. The number of rotatable bonds is 6. The summed E-state index contributed by atoms with van der Waals surface area (Å²) in [6.45, 7) is 1.74. The maximum absolute atomic E-state index is 5.81. The summed E-state index contributed by atoms with van der Waals surface area (Å²) >= 11 is 3.49. The smallest absolute Gasteiger partial charge is 0.0444 e. The summed E-state index contributed by atoms with van der Waals surface area (Å²) in [7, 11) is 0. The molecule has 1 atom stereocenters. The van der Waals surface area contributed by atoms with Gasteiger partial charge in [0.15, 0.2) is 0 Å². The Labute approximate surface area is 106 Å². The summed E-state index contributed by atoms with van der Waals surface area (Å²) in [6.07, 6.45) is 4.14. The second-order valence-corrected chi connectivity index (χ2v) is 5.45. The molecule has 0 saturated heterocycles. The molecule has 0 bridgehead atoms. The lowest BCUT2D eigenvalue weighted by atomic mass is 10.1. The Balaban J connectivity index is 1.87. The first kappa shape index (κ1) is 12.1. The van der Waals surface area contributed by atoms with Crippen LogP contribution in [0.15, 0.2) is 28.7 Å². The number of benzene rings is 1. The van der Waals surface area contributed by atoms with Crippen molar-refractivity contribution in [2.75, 3.05) is 13.1 Å². The molecule has 0 aliphatic heterocycles. The molecule has 1 unspecified atom stereocenters. The summed E-state index contributed by atoms with van der Waals surface area (Å²) in [5, 5.41) is 3.54. The van der Waals surface area contributed by atoms with Crippen molar-refractivity contribution in [3.8, 4) is 0 Å². The summed E-state index contributed by atoms with van der Waals surface area (Å²) < 4.78 is 1.12. The van der Waals surface area contributed by atoms with Gasteiger partial charge in [-0.25, -0.2) is 0 Å². The van der Waals surface area contributed by atoms with Crippen molar-refractivity contribution >= 4 is 15.9 Å². The van der Waals surface area contributed by atoms with Crippen molar-refractivity contribution in [3.05, 3.63) is 34.3 Å². The third kappa shape index (κ3) is 3.58. The third-order valence-electron chi connectivity index (χ3n) is 3.13. The normalized spacial score (nSPS) is 17.4. The van der Waals surface area contributed by atoms with Crippen LogP contribution >= 0.6 is 15.9 Å². The van der Waals surface area contributed by atoms with Gasteiger partial charge in [-0.1, -0.05) is 40.9 Å². The van der Waals surface area contributed by atoms with Gasteiger partial charge in [-0.3, -0.25) is 0 Å². The first-order valence-electron chi connectivity index (χ1n) is 5.98. The van der Waals surface area contributed by atoms with Gasteiger partial charge in [0.1, 0.15) is 0 Å². The molecule has 0 spiro atoms. The zero-order valence-electron chi connectivity index (χ0n) is 9.45. The molecule has 1 aliphatic rings. The van der Waals surface area contributed by atoms with E-state index in [1.54, 1.807) is 0 Å². The van der Waals surface area contributed by atoms with Gasteiger partial charge < -0.3 is 11.1 Å². The minimum atomic E-state index is 0.288. The van der Waals surface area contributed by atoms with E-state index < -0.39 is 0 Å². The molecule has 1 fully saturated rings. The molecule has 3 N–H and O–H groups in total. The molecule has 3 heteroatoms. The van der Waals surface area contributed by atoms with Gasteiger partial charge in [0, 0.05) is 17.1 Å². The van der Waals surface area contributed by atoms with Gasteiger partial charge in [0.25, 0.3) is 0 Å². The summed E-state index contributed by atoms with van der Waals surface area (Å²) in [5.41, 5.74) is 7.08. The van der Waals surface area contributed by atoms with Gasteiger partial charge in [0.2, 0.25) is 0 Å². The van der Waals surface area contributed by atoms with Crippen LogP contribution in [0.2, 0.25) is 0 Å². The molecule has 0 heterocycles. The molecule has 1 aromatic rings. The first-order chi connectivity index (χ1) is 7.79. The van der Waals surface area contributed by atoms with Crippen LogP contribution in [0.5, 0.6) is 0 Å². The fourth-order valence-electron chi connectivity index (χ4n) is 1.93. The number of halogens is 1. The first-order valence-corrected chi connectivity index (χ1v) is 6.78. The minimum Gasteiger partial charge on any atom is -0.329 e. The third-order valence-corrected chi connectivity index (χ3v) is 3.62. The van der Waals surface area contributed by atoms with E-state index in [9.17, 15) is 0 Å². The zero-order valence-corrected chi connectivity index (χ0v) is 11.0. The van der Waals surface area contributed by atoms with Gasteiger partial charge >= 0.3 is 0 Å². The molecular formula is C13H19BrN2. The molecule has 0 amide bonds. The molecule has 16 heavy (non-hydrogen) atoms. The number of hydrogen-bond donors (Lipinski definition) is 2. The maximum atomic E-state index is 5.81. The van der Waals surface area contributed by atoms with E-state index >= 15 is 0 Å². The number of hydrogen-bond acceptors (Lipinski definition) is 2. The van der Waals surface area contributed by atoms with Crippen LogP contribution in [0.3, 0.4) is 0 Å². The lowest BCUT2D eigenvalue weighted by Crippen LogP contribution is -2.29. The van der Waals surface area contributed by atoms with E-state index in [1.807, 2.05) is 6.07 Å². The molecule has 1 aromatic carbocycles. The SMILES string of the molecule is NCC(NCCC1CC1)c1cccc(Br)c1. The number of nitrogens with one attached hydrogen (secondary N) is 1. The average molecular weight is 283 g/mol. The molecule has 2 rings (SSSR count). The van der Waals surface area contributed by atoms with Crippen molar-refractivity contribution in [1.82, 2.24) is 5.32 Å². The summed E-state index contributed by atoms with van der Waals surface area (Å²) in [6, 6.07) is 8.66. The zero-order chi connectivity index (χ0) is 11.4. The molecule has 2 nitrogen and oxygen atoms in total. The summed E-state index contributed by atoms with van der Waals surface area (Å²) in [4.78, 5) is 0. The van der Waals surface area contributed by atoms with Gasteiger partial charge in [0.05, 0.1) is 0 Å². The highest BCUT2D eigenvalue weighted by Crippen LogP contribution is 2.32. The highest BCUT2D eigenvalue weighted by atomic mass is 79.9. The molecule has 1 aliphatic carbocycles. The predicted molar refractivity (Wildman–Crippen MR) is 71.3 cm³/mol. The van der Waals surface area contributed by atoms with Crippen LogP contribution in [0.4, 0.5) is 0 Å². The van der Waals surface area contributed by atoms with Crippen LogP contribution in [0.1, 0.15) is 30.9 Å². The second kappa shape index (κ2) is 5.80. The predicted octanol–water partition coefficient (Wildman–Crippen LogP) is 2.84. The Morgan fingerprint density at radius 2 is 2.25 bits per heavy atom. The van der Waals surface area contributed by atoms with Crippen molar-refractivity contribution in [2.24, 2.45) is 11.7 Å². The van der Waals surface area contributed by atoms with Crippen LogP contribution < -0.4 is 11.1 Å². The highest BCUT2D eigenvalue weighted by molar-refractivity contribution is 9.10. The van der Waals surface area contributed by atoms with Crippen molar-refractivity contribution in [1.29, 1.82) is 0 Å². The molecule has 1 saturated carbocycles. The van der Waals surface area contributed by atoms with E-state index in [1.165, 1.54) is 24.8 Å². The number of nitrogens with two attached hydrogens (primary N) is 1. The lowest BCUT2D eigenvalue weighted by molar-refractivity contribution is 0.516. The molecule has 88 valence electrons. The Morgan fingerprint density at radius 3 is 2.88 bits per heavy atom. The van der Waals surface area contributed by atoms with Crippen LogP contribution in [-0.4, -0.2) is 13.1 Å². The van der Waals surface area contributed by atoms with Crippen LogP contribution in [-0.2, 0) is 0 Å². The monoisotopic (exact) mass is 282 g/mol. The Morgan fingerprint density at radius 1 is 1.44 bits per heavy atom. The van der Waals surface area contributed by atoms with E-state index in [4.69, 9.17) is 5.73 Å². The Kier molecular flexibility index (Phi) is 4.38. The fourth-order valence-corrected chi connectivity index (χ4v) is 2.35. The van der Waals surface area contributed by atoms with Crippen molar-refractivity contribution < 1.29 is 0 Å². The van der Waals surface area contributed by atoms with Crippen LogP contribution in [0, 0.1) is 5.92 Å². The molecular weight excluding hydrogens is 264 g/mol. The lowest BCUT2D eigenvalue weighted by Gasteiger charge is -2.17. The average Bonchev–Trinajstić information content (AvgIpc) is 3.08. The van der Waals surface area contributed by atoms with E-state index in [2.05, 4.69) is 39.4 Å². The van der Waals surface area contributed by atoms with Crippen molar-refractivity contribution in [2.45, 2.75) is 25.3 Å². The maximum Gasteiger partial charge on any atom is 0.0444 e. The van der Waals surface area contributed by atoms with Gasteiger partial charge in [-0.15, -0.1) is 0 Å². The van der Waals surface area contributed by atoms with Crippen LogP contribution in [0.25, 0.3) is 0 Å². The van der Waals surface area contributed by atoms with E-state index in [0.717, 1.165) is 16.9 Å². The second-order valence-electron chi connectivity index (χ2n) is 4.53. The van der Waals surface area contributed by atoms with E-state index in [0.29, 0.717) is 6.54 Å². The summed E-state index contributed by atoms with van der Waals surface area (Å²) in [5.74, 6) is 0.980. The quantitative estimate of drug-likeness (QED) is 0.842. The Hall–Kier alpha value is -0.380. The largest absolute Gasteiger partial charge is 0.329 e. The molecule has 0 aromatic heterocycles. The standard InChI is InChI=1S/C13H19BrN2/c14-12-3-1-2-11(8-12)13(9-15)16-7-6-10-4-5-10/h1-3,8,10,13,16H,4-7,9,15H2. The van der Waals surface area contributed by atoms with E-state index in [-0.39, 0.29) is 6.04 Å². The molecule has 0 radical (unpaired) electrons. The Bertz CT molecular complexity index is 336. The van der Waals surface area contributed by atoms with Crippen molar-refractivity contribution in [3.63, 3.8) is 0 Å². The van der Waals surface area contributed by atoms with Gasteiger partial charge in [-0.2, -0.15) is 0 Å². The van der Waals surface area contributed by atoms with Gasteiger partial charge in [-0.05, 0) is 36.6 Å².